The number of methoxy groups -OCH3 is 1. The van der Waals surface area contributed by atoms with Gasteiger partial charge in [0.05, 0.1) is 25.9 Å². The Balaban J connectivity index is 2.16. The zero-order valence-electron chi connectivity index (χ0n) is 12.1. The molecule has 3 N–H and O–H groups in total. The highest BCUT2D eigenvalue weighted by Crippen LogP contribution is 2.12. The predicted octanol–water partition coefficient (Wildman–Crippen LogP) is -0.423. The maximum Gasteiger partial charge on any atom is 0.234 e. The van der Waals surface area contributed by atoms with Crippen LogP contribution in [0.15, 0.2) is 0 Å². The van der Waals surface area contributed by atoms with Gasteiger partial charge in [0.25, 0.3) is 0 Å². The van der Waals surface area contributed by atoms with Crippen LogP contribution in [0.3, 0.4) is 0 Å². The van der Waals surface area contributed by atoms with Crippen LogP contribution < -0.4 is 11.1 Å². The number of hydrogen-bond acceptors (Lipinski definition) is 5. The molecule has 0 aromatic carbocycles. The van der Waals surface area contributed by atoms with E-state index in [0.717, 1.165) is 25.9 Å². The quantitative estimate of drug-likeness (QED) is 0.628. The molecule has 1 rings (SSSR count). The number of amides is 1. The topological polar surface area (TPSA) is 76.8 Å². The molecule has 19 heavy (non-hydrogen) atoms. The van der Waals surface area contributed by atoms with Crippen LogP contribution in [0, 0.1) is 0 Å². The Kier molecular flexibility index (Phi) is 7.97. The van der Waals surface area contributed by atoms with Crippen molar-refractivity contribution in [2.24, 2.45) is 5.73 Å². The first-order valence-corrected chi connectivity index (χ1v) is 6.98. The number of nitrogens with two attached hydrogens (primary N) is 1. The molecule has 6 nitrogen and oxygen atoms in total. The number of ether oxygens (including phenoxy) is 2. The summed E-state index contributed by atoms with van der Waals surface area (Å²) in [5.74, 6) is 0.0610. The average molecular weight is 273 g/mol. The Hall–Kier alpha value is -0.690. The van der Waals surface area contributed by atoms with Crippen LogP contribution in [0.5, 0.6) is 0 Å². The zero-order valence-corrected chi connectivity index (χ0v) is 12.1. The molecule has 0 radical (unpaired) electrons. The van der Waals surface area contributed by atoms with Crippen molar-refractivity contribution in [3.8, 4) is 0 Å². The number of carbonyl (C=O) groups is 1. The van der Waals surface area contributed by atoms with Crippen molar-refractivity contribution in [2.45, 2.75) is 31.9 Å². The van der Waals surface area contributed by atoms with Crippen LogP contribution in [0.25, 0.3) is 0 Å². The summed E-state index contributed by atoms with van der Waals surface area (Å²) < 4.78 is 10.6. The fraction of sp³-hybridized carbons (Fsp3) is 0.923. The molecule has 1 saturated heterocycles. The van der Waals surface area contributed by atoms with Gasteiger partial charge in [0.1, 0.15) is 0 Å². The van der Waals surface area contributed by atoms with E-state index in [1.165, 1.54) is 0 Å². The first-order valence-electron chi connectivity index (χ1n) is 6.98. The molecule has 1 heterocycles. The molecule has 1 atom stereocenters. The van der Waals surface area contributed by atoms with Crippen LogP contribution in [0.1, 0.15) is 19.8 Å². The number of rotatable bonds is 8. The van der Waals surface area contributed by atoms with E-state index < -0.39 is 0 Å². The largest absolute Gasteiger partial charge is 0.383 e. The Morgan fingerprint density at radius 1 is 1.47 bits per heavy atom. The van der Waals surface area contributed by atoms with Crippen molar-refractivity contribution < 1.29 is 14.3 Å². The third kappa shape index (κ3) is 6.87. The van der Waals surface area contributed by atoms with Gasteiger partial charge in [-0.3, -0.25) is 9.69 Å². The Labute approximate surface area is 115 Å². The molecule has 0 bridgehead atoms. The fourth-order valence-electron chi connectivity index (χ4n) is 2.28. The molecule has 0 aliphatic carbocycles. The summed E-state index contributed by atoms with van der Waals surface area (Å²) in [6.45, 7) is 5.94. The van der Waals surface area contributed by atoms with Crippen LogP contribution in [0.2, 0.25) is 0 Å². The van der Waals surface area contributed by atoms with Crippen molar-refractivity contribution in [1.82, 2.24) is 10.2 Å². The van der Waals surface area contributed by atoms with Crippen molar-refractivity contribution in [3.63, 3.8) is 0 Å². The second-order valence-electron chi connectivity index (χ2n) is 5.06. The van der Waals surface area contributed by atoms with Crippen molar-refractivity contribution in [3.05, 3.63) is 0 Å². The molecule has 1 aliphatic rings. The Bertz CT molecular complexity index is 256. The third-order valence-corrected chi connectivity index (χ3v) is 3.20. The zero-order chi connectivity index (χ0) is 14.1. The number of likely N-dealkylation sites (tertiary alicyclic amines) is 1. The van der Waals surface area contributed by atoms with E-state index in [1.54, 1.807) is 7.11 Å². The van der Waals surface area contributed by atoms with E-state index in [2.05, 4.69) is 10.2 Å². The summed E-state index contributed by atoms with van der Waals surface area (Å²) in [5.41, 5.74) is 5.41. The minimum Gasteiger partial charge on any atom is -0.383 e. The van der Waals surface area contributed by atoms with E-state index in [1.807, 2.05) is 6.92 Å². The monoisotopic (exact) mass is 273 g/mol. The lowest BCUT2D eigenvalue weighted by molar-refractivity contribution is -0.123. The molecule has 1 fully saturated rings. The highest BCUT2D eigenvalue weighted by Gasteiger charge is 2.21. The van der Waals surface area contributed by atoms with Crippen LogP contribution in [0.4, 0.5) is 0 Å². The van der Waals surface area contributed by atoms with Gasteiger partial charge in [-0.05, 0) is 19.8 Å². The molecule has 112 valence electrons. The van der Waals surface area contributed by atoms with Gasteiger partial charge < -0.3 is 20.5 Å². The number of hydrogen-bond donors (Lipinski definition) is 2. The van der Waals surface area contributed by atoms with E-state index in [-0.39, 0.29) is 11.9 Å². The van der Waals surface area contributed by atoms with Crippen LogP contribution in [-0.2, 0) is 14.3 Å². The summed E-state index contributed by atoms with van der Waals surface area (Å²) in [6.07, 6.45) is 2.25. The minimum atomic E-state index is 0.0583. The van der Waals surface area contributed by atoms with Gasteiger partial charge in [0.15, 0.2) is 0 Å². The molecule has 1 amide bonds. The Morgan fingerprint density at radius 2 is 2.16 bits per heavy atom. The van der Waals surface area contributed by atoms with Gasteiger partial charge in [0.2, 0.25) is 5.91 Å². The van der Waals surface area contributed by atoms with Gasteiger partial charge in [-0.2, -0.15) is 0 Å². The number of piperidine rings is 1. The molecule has 6 heteroatoms. The summed E-state index contributed by atoms with van der Waals surface area (Å²) in [7, 11) is 1.63. The van der Waals surface area contributed by atoms with Gasteiger partial charge in [-0.1, -0.05) is 0 Å². The van der Waals surface area contributed by atoms with Crippen molar-refractivity contribution in [1.29, 1.82) is 0 Å². The lowest BCUT2D eigenvalue weighted by atomic mass is 10.1. The van der Waals surface area contributed by atoms with E-state index in [4.69, 9.17) is 15.2 Å². The normalized spacial score (nSPS) is 19.3. The highest BCUT2D eigenvalue weighted by atomic mass is 16.5. The van der Waals surface area contributed by atoms with Gasteiger partial charge in [0, 0.05) is 32.8 Å². The molecule has 0 aromatic rings. The maximum absolute atomic E-state index is 11.8. The SMILES string of the molecule is COCC(C)NC(=O)CN1CCC(OCCN)CC1. The highest BCUT2D eigenvalue weighted by molar-refractivity contribution is 5.78. The van der Waals surface area contributed by atoms with Gasteiger partial charge in [-0.25, -0.2) is 0 Å². The number of carbonyl (C=O) groups excluding carboxylic acids is 1. The maximum atomic E-state index is 11.8. The molecule has 1 aliphatic heterocycles. The molecule has 0 spiro atoms. The molecule has 1 unspecified atom stereocenters. The lowest BCUT2D eigenvalue weighted by Gasteiger charge is -2.31. The molecule has 0 saturated carbocycles. The average Bonchev–Trinajstić information content (AvgIpc) is 2.38. The summed E-state index contributed by atoms with van der Waals surface area (Å²) >= 11 is 0. The standard InChI is InChI=1S/C13H27N3O3/c1-11(10-18-2)15-13(17)9-16-6-3-12(4-7-16)19-8-5-14/h11-12H,3-10,14H2,1-2H3,(H,15,17). The summed E-state index contributed by atoms with van der Waals surface area (Å²) in [4.78, 5) is 14.0. The second-order valence-corrected chi connectivity index (χ2v) is 5.06. The molecule has 0 aromatic heterocycles. The smallest absolute Gasteiger partial charge is 0.234 e. The van der Waals surface area contributed by atoms with Crippen molar-refractivity contribution >= 4 is 5.91 Å². The predicted molar refractivity (Wildman–Crippen MR) is 73.9 cm³/mol. The first-order chi connectivity index (χ1) is 9.15. The van der Waals surface area contributed by atoms with Crippen LogP contribution >= 0.6 is 0 Å². The van der Waals surface area contributed by atoms with Gasteiger partial charge in [-0.15, -0.1) is 0 Å². The molecular formula is C13H27N3O3. The fourth-order valence-corrected chi connectivity index (χ4v) is 2.28. The number of nitrogens with zero attached hydrogens (tertiary/aromatic N) is 1. The molecular weight excluding hydrogens is 246 g/mol. The summed E-state index contributed by atoms with van der Waals surface area (Å²) in [5, 5.41) is 2.92. The Morgan fingerprint density at radius 3 is 2.74 bits per heavy atom. The van der Waals surface area contributed by atoms with E-state index in [9.17, 15) is 4.79 Å². The van der Waals surface area contributed by atoms with Crippen LogP contribution in [-0.4, -0.2) is 69.5 Å². The number of nitrogens with one attached hydrogen (secondary N) is 1. The lowest BCUT2D eigenvalue weighted by Crippen LogP contribution is -2.46. The second kappa shape index (κ2) is 9.25. The third-order valence-electron chi connectivity index (χ3n) is 3.20. The van der Waals surface area contributed by atoms with E-state index in [0.29, 0.717) is 32.4 Å². The van der Waals surface area contributed by atoms with Crippen molar-refractivity contribution in [2.75, 3.05) is 46.5 Å². The minimum absolute atomic E-state index is 0.0583. The summed E-state index contributed by atoms with van der Waals surface area (Å²) in [6, 6.07) is 0.0583. The van der Waals surface area contributed by atoms with E-state index >= 15 is 0 Å². The first kappa shape index (κ1) is 16.4. The van der Waals surface area contributed by atoms with Gasteiger partial charge >= 0.3 is 0 Å².